The summed E-state index contributed by atoms with van der Waals surface area (Å²) >= 11 is 0. The van der Waals surface area contributed by atoms with Crippen LogP contribution in [0.25, 0.3) is 11.4 Å². The number of halogens is 3. The highest BCUT2D eigenvalue weighted by atomic mass is 19.4. The van der Waals surface area contributed by atoms with Gasteiger partial charge in [0.05, 0.1) is 12.8 Å². The zero-order valence-electron chi connectivity index (χ0n) is 15.8. The Morgan fingerprint density at radius 1 is 1.17 bits per heavy atom. The SMILES string of the molecule is Cc1ccc(CO/N=C/CNC(=O)c2ccc(-c3noc(C(F)(F)F)n3)cc2)cc1. The van der Waals surface area contributed by atoms with Gasteiger partial charge in [-0.05, 0) is 24.6 Å². The first-order valence-corrected chi connectivity index (χ1v) is 8.82. The van der Waals surface area contributed by atoms with Crippen molar-refractivity contribution < 1.29 is 27.3 Å². The molecule has 0 saturated heterocycles. The average molecular weight is 418 g/mol. The van der Waals surface area contributed by atoms with Gasteiger partial charge in [-0.25, -0.2) is 0 Å². The lowest BCUT2D eigenvalue weighted by atomic mass is 10.1. The molecule has 10 heteroatoms. The maximum Gasteiger partial charge on any atom is 0.471 e. The lowest BCUT2D eigenvalue weighted by Crippen LogP contribution is -2.25. The van der Waals surface area contributed by atoms with E-state index in [1.54, 1.807) is 0 Å². The Labute approximate surface area is 169 Å². The number of rotatable bonds is 7. The number of nitrogens with zero attached hydrogens (tertiary/aromatic N) is 3. The van der Waals surface area contributed by atoms with E-state index in [1.165, 1.54) is 30.5 Å². The van der Waals surface area contributed by atoms with Crippen molar-refractivity contribution in [2.24, 2.45) is 5.16 Å². The zero-order valence-corrected chi connectivity index (χ0v) is 15.8. The first kappa shape index (κ1) is 21.0. The van der Waals surface area contributed by atoms with Crippen LogP contribution in [0.4, 0.5) is 13.2 Å². The largest absolute Gasteiger partial charge is 0.471 e. The third-order valence-corrected chi connectivity index (χ3v) is 3.93. The summed E-state index contributed by atoms with van der Waals surface area (Å²) in [6, 6.07) is 13.6. The molecule has 0 unspecified atom stereocenters. The van der Waals surface area contributed by atoms with Gasteiger partial charge >= 0.3 is 12.1 Å². The minimum absolute atomic E-state index is 0.147. The summed E-state index contributed by atoms with van der Waals surface area (Å²) < 4.78 is 41.7. The van der Waals surface area contributed by atoms with Gasteiger partial charge in [-0.1, -0.05) is 52.3 Å². The van der Waals surface area contributed by atoms with E-state index in [0.717, 1.165) is 11.1 Å². The van der Waals surface area contributed by atoms with Crippen molar-refractivity contribution in [2.75, 3.05) is 6.54 Å². The first-order chi connectivity index (χ1) is 14.3. The van der Waals surface area contributed by atoms with Gasteiger partial charge in [-0.3, -0.25) is 4.79 Å². The van der Waals surface area contributed by atoms with Gasteiger partial charge in [0.15, 0.2) is 0 Å². The van der Waals surface area contributed by atoms with Crippen LogP contribution in [0.15, 0.2) is 58.2 Å². The van der Waals surface area contributed by atoms with Crippen LogP contribution in [0.3, 0.4) is 0 Å². The molecule has 1 amide bonds. The zero-order chi connectivity index (χ0) is 21.6. The lowest BCUT2D eigenvalue weighted by Gasteiger charge is -2.03. The monoisotopic (exact) mass is 418 g/mol. The third-order valence-electron chi connectivity index (χ3n) is 3.93. The van der Waals surface area contributed by atoms with E-state index in [9.17, 15) is 18.0 Å². The second-order valence-corrected chi connectivity index (χ2v) is 6.26. The first-order valence-electron chi connectivity index (χ1n) is 8.82. The molecule has 3 rings (SSSR count). The number of carbonyl (C=O) groups excluding carboxylic acids is 1. The maximum absolute atomic E-state index is 12.5. The number of alkyl halides is 3. The predicted molar refractivity (Wildman–Crippen MR) is 102 cm³/mol. The van der Waals surface area contributed by atoms with Crippen LogP contribution < -0.4 is 5.32 Å². The van der Waals surface area contributed by atoms with Gasteiger partial charge in [0, 0.05) is 11.1 Å². The van der Waals surface area contributed by atoms with E-state index >= 15 is 0 Å². The second-order valence-electron chi connectivity index (χ2n) is 6.26. The van der Waals surface area contributed by atoms with Gasteiger partial charge in [-0.15, -0.1) is 0 Å². The quantitative estimate of drug-likeness (QED) is 0.463. The molecule has 1 heterocycles. The number of aromatic nitrogens is 2. The summed E-state index contributed by atoms with van der Waals surface area (Å²) in [5.74, 6) is -2.02. The molecule has 3 aromatic rings. The molecule has 1 aromatic heterocycles. The van der Waals surface area contributed by atoms with Gasteiger partial charge in [0.25, 0.3) is 5.91 Å². The van der Waals surface area contributed by atoms with Gasteiger partial charge in [0.1, 0.15) is 6.61 Å². The topological polar surface area (TPSA) is 89.6 Å². The van der Waals surface area contributed by atoms with Gasteiger partial charge in [-0.2, -0.15) is 18.2 Å². The Morgan fingerprint density at radius 2 is 1.87 bits per heavy atom. The molecule has 0 bridgehead atoms. The van der Waals surface area contributed by atoms with Crippen LogP contribution in [0, 0.1) is 6.92 Å². The Kier molecular flexibility index (Phi) is 6.45. The highest BCUT2D eigenvalue weighted by molar-refractivity contribution is 5.95. The number of hydrogen-bond donors (Lipinski definition) is 1. The molecule has 0 radical (unpaired) electrons. The molecule has 2 aromatic carbocycles. The molecule has 0 atom stereocenters. The number of hydrogen-bond acceptors (Lipinski definition) is 6. The maximum atomic E-state index is 12.5. The summed E-state index contributed by atoms with van der Waals surface area (Å²) in [5, 5.41) is 9.69. The summed E-state index contributed by atoms with van der Waals surface area (Å²) in [6.45, 7) is 2.46. The molecule has 0 aliphatic rings. The smallest absolute Gasteiger partial charge is 0.391 e. The predicted octanol–water partition coefficient (Wildman–Crippen LogP) is 4.00. The molecule has 7 nitrogen and oxygen atoms in total. The summed E-state index contributed by atoms with van der Waals surface area (Å²) in [7, 11) is 0. The van der Waals surface area contributed by atoms with Crippen LogP contribution in [0.1, 0.15) is 27.4 Å². The highest BCUT2D eigenvalue weighted by Gasteiger charge is 2.38. The van der Waals surface area contributed by atoms with Crippen molar-refractivity contribution in [1.29, 1.82) is 0 Å². The minimum Gasteiger partial charge on any atom is -0.391 e. The Balaban J connectivity index is 1.46. The van der Waals surface area contributed by atoms with E-state index in [0.29, 0.717) is 12.2 Å². The molecular weight excluding hydrogens is 401 g/mol. The van der Waals surface area contributed by atoms with Crippen molar-refractivity contribution in [3.8, 4) is 11.4 Å². The fraction of sp³-hybridized carbons (Fsp3) is 0.200. The molecule has 156 valence electrons. The number of aryl methyl sites for hydroxylation is 1. The number of nitrogens with one attached hydrogen (secondary N) is 1. The van der Waals surface area contributed by atoms with Crippen molar-refractivity contribution in [3.05, 3.63) is 71.1 Å². The number of benzene rings is 2. The molecular formula is C20H17F3N4O3. The summed E-state index contributed by atoms with van der Waals surface area (Å²) in [5.41, 5.74) is 2.73. The third kappa shape index (κ3) is 5.66. The van der Waals surface area contributed by atoms with E-state index < -0.39 is 12.1 Å². The van der Waals surface area contributed by atoms with Crippen molar-refractivity contribution in [2.45, 2.75) is 19.7 Å². The van der Waals surface area contributed by atoms with E-state index in [2.05, 4.69) is 25.1 Å². The molecule has 30 heavy (non-hydrogen) atoms. The molecule has 1 N–H and O–H groups in total. The van der Waals surface area contributed by atoms with Crippen molar-refractivity contribution >= 4 is 12.1 Å². The molecule has 0 fully saturated rings. The highest BCUT2D eigenvalue weighted by Crippen LogP contribution is 2.29. The Bertz CT molecular complexity index is 1010. The summed E-state index contributed by atoms with van der Waals surface area (Å²) in [6.07, 6.45) is -3.30. The van der Waals surface area contributed by atoms with Crippen LogP contribution in [-0.4, -0.2) is 28.8 Å². The number of amides is 1. The molecule has 0 saturated carbocycles. The van der Waals surface area contributed by atoms with Crippen LogP contribution >= 0.6 is 0 Å². The van der Waals surface area contributed by atoms with Crippen LogP contribution in [0.5, 0.6) is 0 Å². The number of oxime groups is 1. The Morgan fingerprint density at radius 3 is 2.50 bits per heavy atom. The van der Waals surface area contributed by atoms with Crippen molar-refractivity contribution in [3.63, 3.8) is 0 Å². The van der Waals surface area contributed by atoms with E-state index in [4.69, 9.17) is 4.84 Å². The molecule has 0 aliphatic heterocycles. The van der Waals surface area contributed by atoms with E-state index in [-0.39, 0.29) is 23.8 Å². The lowest BCUT2D eigenvalue weighted by molar-refractivity contribution is -0.159. The standard InChI is InChI=1S/C20H17F3N4O3/c1-13-2-4-14(5-3-13)12-29-25-11-10-24-18(28)16-8-6-15(7-9-16)17-26-19(30-27-17)20(21,22)23/h2-9,11H,10,12H2,1H3,(H,24,28)/b25-11+. The molecule has 0 spiro atoms. The Hall–Kier alpha value is -3.69. The van der Waals surface area contributed by atoms with E-state index in [1.807, 2.05) is 31.2 Å². The number of carbonyl (C=O) groups is 1. The fourth-order valence-corrected chi connectivity index (χ4v) is 2.35. The average Bonchev–Trinajstić information content (AvgIpc) is 3.23. The molecule has 0 aliphatic carbocycles. The minimum atomic E-state index is -4.71. The van der Waals surface area contributed by atoms with Gasteiger partial charge in [0.2, 0.25) is 5.82 Å². The fourth-order valence-electron chi connectivity index (χ4n) is 2.35. The normalized spacial score (nSPS) is 11.6. The second kappa shape index (κ2) is 9.21. The van der Waals surface area contributed by atoms with Crippen LogP contribution in [-0.2, 0) is 17.6 Å². The van der Waals surface area contributed by atoms with Crippen molar-refractivity contribution in [1.82, 2.24) is 15.5 Å². The summed E-state index contributed by atoms with van der Waals surface area (Å²) in [4.78, 5) is 20.6. The van der Waals surface area contributed by atoms with Crippen LogP contribution in [0.2, 0.25) is 0 Å². The van der Waals surface area contributed by atoms with Gasteiger partial charge < -0.3 is 14.7 Å².